The van der Waals surface area contributed by atoms with E-state index in [1.54, 1.807) is 24.1 Å². The second-order valence-corrected chi connectivity index (χ2v) is 4.60. The van der Waals surface area contributed by atoms with Crippen LogP contribution in [0, 0.1) is 0 Å². The first kappa shape index (κ1) is 11.6. The van der Waals surface area contributed by atoms with Gasteiger partial charge in [-0.15, -0.1) is 0 Å². The van der Waals surface area contributed by atoms with Crippen LogP contribution in [-0.2, 0) is 4.79 Å². The van der Waals surface area contributed by atoms with Gasteiger partial charge in [-0.25, -0.2) is 0 Å². The fraction of sp³-hybridized carbons (Fsp3) is 0.364. The third kappa shape index (κ3) is 1.74. The lowest BCUT2D eigenvalue weighted by Gasteiger charge is -2.32. The number of carbonyl (C=O) groups excluding carboxylic acids is 1. The van der Waals surface area contributed by atoms with Crippen LogP contribution in [0.5, 0.6) is 0 Å². The molecule has 0 aliphatic carbocycles. The van der Waals surface area contributed by atoms with E-state index < -0.39 is 0 Å². The molecule has 0 fully saturated rings. The molecular formula is C11H12Cl2N2O. The first-order valence-corrected chi connectivity index (χ1v) is 5.83. The molecule has 1 aliphatic heterocycles. The molecular weight excluding hydrogens is 247 g/mol. The predicted octanol–water partition coefficient (Wildman–Crippen LogP) is 3.16. The summed E-state index contributed by atoms with van der Waals surface area (Å²) in [7, 11) is 1.74. The van der Waals surface area contributed by atoms with Crippen molar-refractivity contribution in [2.24, 2.45) is 0 Å². The molecule has 3 nitrogen and oxygen atoms in total. The van der Waals surface area contributed by atoms with Gasteiger partial charge in [0, 0.05) is 7.05 Å². The normalized spacial score (nSPS) is 19.4. The summed E-state index contributed by atoms with van der Waals surface area (Å²) in [6.45, 7) is 1.96. The van der Waals surface area contributed by atoms with Crippen molar-refractivity contribution in [1.29, 1.82) is 0 Å². The molecule has 1 aliphatic rings. The largest absolute Gasteiger partial charge is 0.372 e. The van der Waals surface area contributed by atoms with Crippen LogP contribution in [0.2, 0.25) is 10.0 Å². The molecule has 0 aromatic heterocycles. The van der Waals surface area contributed by atoms with Crippen molar-refractivity contribution in [3.8, 4) is 0 Å². The third-order valence-electron chi connectivity index (χ3n) is 2.77. The number of carbonyl (C=O) groups is 1. The molecule has 1 heterocycles. The van der Waals surface area contributed by atoms with Gasteiger partial charge >= 0.3 is 0 Å². The van der Waals surface area contributed by atoms with Gasteiger partial charge in [-0.1, -0.05) is 30.1 Å². The standard InChI is InChI=1S/C11H12Cl2N2O/c1-3-8-11(16)15(2)10-5-7(13)6(12)4-9(10)14-8/h4-5,8,14H,3H2,1-2H3. The number of halogens is 2. The van der Waals surface area contributed by atoms with Crippen molar-refractivity contribution in [3.05, 3.63) is 22.2 Å². The molecule has 0 saturated heterocycles. The highest BCUT2D eigenvalue weighted by Gasteiger charge is 2.29. The molecule has 1 aromatic rings. The molecule has 1 unspecified atom stereocenters. The van der Waals surface area contributed by atoms with Crippen molar-refractivity contribution in [2.45, 2.75) is 19.4 Å². The number of likely N-dealkylation sites (N-methyl/N-ethyl adjacent to an activating group) is 1. The van der Waals surface area contributed by atoms with E-state index in [-0.39, 0.29) is 11.9 Å². The van der Waals surface area contributed by atoms with Gasteiger partial charge in [0.15, 0.2) is 0 Å². The van der Waals surface area contributed by atoms with Crippen LogP contribution in [0.15, 0.2) is 12.1 Å². The topological polar surface area (TPSA) is 32.3 Å². The third-order valence-corrected chi connectivity index (χ3v) is 3.49. The maximum atomic E-state index is 11.9. The minimum atomic E-state index is -0.185. The van der Waals surface area contributed by atoms with E-state index in [0.29, 0.717) is 10.0 Å². The van der Waals surface area contributed by atoms with Crippen molar-refractivity contribution < 1.29 is 4.79 Å². The van der Waals surface area contributed by atoms with Crippen molar-refractivity contribution in [1.82, 2.24) is 0 Å². The SMILES string of the molecule is CCC1Nc2cc(Cl)c(Cl)cc2N(C)C1=O. The Morgan fingerprint density at radius 3 is 2.62 bits per heavy atom. The Morgan fingerprint density at radius 2 is 2.00 bits per heavy atom. The summed E-state index contributed by atoms with van der Waals surface area (Å²) in [4.78, 5) is 13.5. The summed E-state index contributed by atoms with van der Waals surface area (Å²) < 4.78 is 0. The number of amides is 1. The molecule has 5 heteroatoms. The number of nitrogens with zero attached hydrogens (tertiary/aromatic N) is 1. The van der Waals surface area contributed by atoms with Crippen LogP contribution >= 0.6 is 23.2 Å². The first-order valence-electron chi connectivity index (χ1n) is 5.07. The van der Waals surface area contributed by atoms with Gasteiger partial charge in [0.2, 0.25) is 5.91 Å². The van der Waals surface area contributed by atoms with Crippen LogP contribution in [-0.4, -0.2) is 19.0 Å². The average Bonchev–Trinajstić information content (AvgIpc) is 2.26. The van der Waals surface area contributed by atoms with Gasteiger partial charge in [-0.2, -0.15) is 0 Å². The quantitative estimate of drug-likeness (QED) is 0.840. The van der Waals surface area contributed by atoms with Crippen molar-refractivity contribution >= 4 is 40.5 Å². The van der Waals surface area contributed by atoms with Gasteiger partial charge < -0.3 is 10.2 Å². The number of hydrogen-bond donors (Lipinski definition) is 1. The molecule has 86 valence electrons. The maximum absolute atomic E-state index is 11.9. The molecule has 2 rings (SSSR count). The number of hydrogen-bond acceptors (Lipinski definition) is 2. The highest BCUT2D eigenvalue weighted by atomic mass is 35.5. The Labute approximate surface area is 104 Å². The first-order chi connectivity index (χ1) is 7.54. The Balaban J connectivity index is 2.50. The van der Waals surface area contributed by atoms with Gasteiger partial charge in [-0.05, 0) is 18.6 Å². The Hall–Kier alpha value is -0.930. The Morgan fingerprint density at radius 1 is 1.38 bits per heavy atom. The highest BCUT2D eigenvalue weighted by Crippen LogP contribution is 2.37. The van der Waals surface area contributed by atoms with Gasteiger partial charge in [0.25, 0.3) is 0 Å². The number of benzene rings is 1. The summed E-state index contributed by atoms with van der Waals surface area (Å²) in [5, 5.41) is 4.11. The minimum Gasteiger partial charge on any atom is -0.372 e. The summed E-state index contributed by atoms with van der Waals surface area (Å²) in [6, 6.07) is 3.27. The van der Waals surface area contributed by atoms with Crippen LogP contribution in [0.1, 0.15) is 13.3 Å². The highest BCUT2D eigenvalue weighted by molar-refractivity contribution is 6.42. The maximum Gasteiger partial charge on any atom is 0.249 e. The van der Waals surface area contributed by atoms with E-state index in [9.17, 15) is 4.79 Å². The lowest BCUT2D eigenvalue weighted by Crippen LogP contribution is -2.44. The van der Waals surface area contributed by atoms with E-state index in [0.717, 1.165) is 17.8 Å². The number of nitrogens with one attached hydrogen (secondary N) is 1. The average molecular weight is 259 g/mol. The van der Waals surface area contributed by atoms with Crippen LogP contribution < -0.4 is 10.2 Å². The molecule has 1 atom stereocenters. The Bertz CT molecular complexity index is 448. The fourth-order valence-electron chi connectivity index (χ4n) is 1.81. The van der Waals surface area contributed by atoms with Crippen molar-refractivity contribution in [2.75, 3.05) is 17.3 Å². The zero-order valence-electron chi connectivity index (χ0n) is 9.05. The molecule has 0 radical (unpaired) electrons. The van der Waals surface area contributed by atoms with Crippen molar-refractivity contribution in [3.63, 3.8) is 0 Å². The molecule has 1 amide bonds. The zero-order chi connectivity index (χ0) is 11.9. The summed E-state index contributed by atoms with van der Waals surface area (Å²) in [6.07, 6.45) is 0.739. The second-order valence-electron chi connectivity index (χ2n) is 3.79. The molecule has 1 aromatic carbocycles. The van der Waals surface area contributed by atoms with E-state index in [1.807, 2.05) is 6.92 Å². The fourth-order valence-corrected chi connectivity index (χ4v) is 2.13. The zero-order valence-corrected chi connectivity index (χ0v) is 10.6. The van der Waals surface area contributed by atoms with E-state index >= 15 is 0 Å². The summed E-state index contributed by atoms with van der Waals surface area (Å²) in [5.41, 5.74) is 1.62. The number of anilines is 2. The number of rotatable bonds is 1. The predicted molar refractivity (Wildman–Crippen MR) is 67.6 cm³/mol. The minimum absolute atomic E-state index is 0.0494. The lowest BCUT2D eigenvalue weighted by molar-refractivity contribution is -0.119. The molecule has 0 spiro atoms. The monoisotopic (exact) mass is 258 g/mol. The van der Waals surface area contributed by atoms with E-state index in [4.69, 9.17) is 23.2 Å². The van der Waals surface area contributed by atoms with E-state index in [2.05, 4.69) is 5.32 Å². The number of fused-ring (bicyclic) bond motifs is 1. The molecule has 0 saturated carbocycles. The Kier molecular flexibility index (Phi) is 3.00. The van der Waals surface area contributed by atoms with Gasteiger partial charge in [0.05, 0.1) is 21.4 Å². The lowest BCUT2D eigenvalue weighted by atomic mass is 10.1. The van der Waals surface area contributed by atoms with Crippen LogP contribution in [0.3, 0.4) is 0 Å². The van der Waals surface area contributed by atoms with Crippen LogP contribution in [0.25, 0.3) is 0 Å². The summed E-state index contributed by atoms with van der Waals surface area (Å²) >= 11 is 11.9. The smallest absolute Gasteiger partial charge is 0.249 e. The molecule has 0 bridgehead atoms. The second kappa shape index (κ2) is 4.15. The van der Waals surface area contributed by atoms with Gasteiger partial charge in [0.1, 0.15) is 6.04 Å². The summed E-state index contributed by atoms with van der Waals surface area (Å²) in [5.74, 6) is 0.0494. The van der Waals surface area contributed by atoms with Crippen LogP contribution in [0.4, 0.5) is 11.4 Å². The molecule has 16 heavy (non-hydrogen) atoms. The molecule has 1 N–H and O–H groups in total. The van der Waals surface area contributed by atoms with Gasteiger partial charge in [-0.3, -0.25) is 4.79 Å². The van der Waals surface area contributed by atoms with E-state index in [1.165, 1.54) is 0 Å².